The van der Waals surface area contributed by atoms with Crippen molar-refractivity contribution in [2.75, 3.05) is 18.4 Å². The molecule has 4 nitrogen and oxygen atoms in total. The molecule has 0 bridgehead atoms. The molecule has 2 N–H and O–H groups in total. The topological polar surface area (TPSA) is 53.5 Å². The van der Waals surface area contributed by atoms with Gasteiger partial charge in [-0.3, -0.25) is 9.79 Å². The first kappa shape index (κ1) is 16.0. The molecule has 1 amide bonds. The van der Waals surface area contributed by atoms with E-state index in [4.69, 9.17) is 0 Å². The number of nitrogens with one attached hydrogen (secondary N) is 2. The second-order valence-electron chi connectivity index (χ2n) is 5.27. The molecule has 1 aliphatic rings. The number of aliphatic imine (C=N–C) groups is 1. The Morgan fingerprint density at radius 1 is 1.12 bits per heavy atom. The van der Waals surface area contributed by atoms with Crippen LogP contribution in [0.5, 0.6) is 0 Å². The number of hydrogen-bond acceptors (Lipinski definition) is 3. The van der Waals surface area contributed by atoms with Crippen LogP contribution >= 0.6 is 0 Å². The van der Waals surface area contributed by atoms with Gasteiger partial charge in [-0.2, -0.15) is 13.2 Å². The first-order valence-corrected chi connectivity index (χ1v) is 7.31. The number of carbonyl (C=O) groups is 1. The third-order valence-electron chi connectivity index (χ3n) is 3.54. The van der Waals surface area contributed by atoms with Crippen LogP contribution in [0.25, 0.3) is 0 Å². The Morgan fingerprint density at radius 2 is 1.88 bits per heavy atom. The molecule has 0 aromatic heterocycles. The Kier molecular flexibility index (Phi) is 4.24. The van der Waals surface area contributed by atoms with Crippen molar-refractivity contribution in [2.24, 2.45) is 4.99 Å². The van der Waals surface area contributed by atoms with Crippen molar-refractivity contribution in [2.45, 2.75) is 6.18 Å². The van der Waals surface area contributed by atoms with Crippen molar-refractivity contribution >= 4 is 17.4 Å². The Hall–Kier alpha value is -2.83. The van der Waals surface area contributed by atoms with Gasteiger partial charge in [0.2, 0.25) is 0 Å². The number of alkyl halides is 3. The summed E-state index contributed by atoms with van der Waals surface area (Å²) in [4.78, 5) is 16.5. The summed E-state index contributed by atoms with van der Waals surface area (Å²) in [6.07, 6.45) is -4.42. The minimum atomic E-state index is -4.42. The van der Waals surface area contributed by atoms with E-state index >= 15 is 0 Å². The molecule has 0 aliphatic carbocycles. The molecule has 1 aliphatic heterocycles. The van der Waals surface area contributed by atoms with Crippen LogP contribution in [0.15, 0.2) is 53.5 Å². The van der Waals surface area contributed by atoms with E-state index in [-0.39, 0.29) is 5.56 Å². The first-order valence-electron chi connectivity index (χ1n) is 7.31. The van der Waals surface area contributed by atoms with E-state index in [0.717, 1.165) is 42.2 Å². The molecule has 1 heterocycles. The lowest BCUT2D eigenvalue weighted by atomic mass is 10.1. The minimum Gasteiger partial charge on any atom is -0.368 e. The lowest BCUT2D eigenvalue weighted by Crippen LogP contribution is -2.20. The van der Waals surface area contributed by atoms with E-state index < -0.39 is 17.6 Å². The van der Waals surface area contributed by atoms with Gasteiger partial charge in [0.1, 0.15) is 5.84 Å². The summed E-state index contributed by atoms with van der Waals surface area (Å²) in [7, 11) is 0. The Bertz CT molecular complexity index is 782. The number of benzene rings is 2. The smallest absolute Gasteiger partial charge is 0.368 e. The minimum absolute atomic E-state index is 0.157. The molecule has 0 saturated heterocycles. The highest BCUT2D eigenvalue weighted by Gasteiger charge is 2.30. The molecular formula is C17H14F3N3O. The highest BCUT2D eigenvalue weighted by molar-refractivity contribution is 6.05. The number of anilines is 1. The zero-order valence-corrected chi connectivity index (χ0v) is 12.5. The lowest BCUT2D eigenvalue weighted by Gasteiger charge is -2.09. The van der Waals surface area contributed by atoms with Gasteiger partial charge >= 0.3 is 6.18 Å². The standard InChI is InChI=1S/C17H14F3N3O/c18-17(19,20)13-6-4-11(5-7-13)16(24)23-14-3-1-2-12(10-14)15-21-8-9-22-15/h1-7,10H,8-9H2,(H,21,22)(H,23,24). The van der Waals surface area contributed by atoms with E-state index in [9.17, 15) is 18.0 Å². The van der Waals surface area contributed by atoms with Gasteiger partial charge in [-0.05, 0) is 36.4 Å². The maximum Gasteiger partial charge on any atom is 0.416 e. The second kappa shape index (κ2) is 6.35. The normalized spacial score (nSPS) is 14.0. The average molecular weight is 333 g/mol. The van der Waals surface area contributed by atoms with Crippen LogP contribution in [-0.4, -0.2) is 24.8 Å². The van der Waals surface area contributed by atoms with Gasteiger partial charge in [0.05, 0.1) is 12.1 Å². The summed E-state index contributed by atoms with van der Waals surface area (Å²) < 4.78 is 37.6. The van der Waals surface area contributed by atoms with E-state index in [1.807, 2.05) is 6.07 Å². The van der Waals surface area contributed by atoms with Crippen LogP contribution in [0, 0.1) is 0 Å². The van der Waals surface area contributed by atoms with Gasteiger partial charge in [-0.25, -0.2) is 0 Å². The molecule has 0 unspecified atom stereocenters. The predicted octanol–water partition coefficient (Wildman–Crippen LogP) is 3.31. The fourth-order valence-electron chi connectivity index (χ4n) is 2.35. The third kappa shape index (κ3) is 3.56. The van der Waals surface area contributed by atoms with E-state index in [1.165, 1.54) is 0 Å². The van der Waals surface area contributed by atoms with Crippen LogP contribution in [-0.2, 0) is 6.18 Å². The molecule has 7 heteroatoms. The van der Waals surface area contributed by atoms with Crippen LogP contribution in [0.2, 0.25) is 0 Å². The second-order valence-corrected chi connectivity index (χ2v) is 5.27. The summed E-state index contributed by atoms with van der Waals surface area (Å²) in [5.74, 6) is 0.294. The number of nitrogens with zero attached hydrogens (tertiary/aromatic N) is 1. The molecule has 3 rings (SSSR count). The number of carbonyl (C=O) groups excluding carboxylic acids is 1. The monoisotopic (exact) mass is 333 g/mol. The van der Waals surface area contributed by atoms with E-state index in [0.29, 0.717) is 12.2 Å². The zero-order chi connectivity index (χ0) is 17.2. The van der Waals surface area contributed by atoms with Crippen LogP contribution in [0.1, 0.15) is 21.5 Å². The van der Waals surface area contributed by atoms with Gasteiger partial charge in [0, 0.05) is 23.4 Å². The predicted molar refractivity (Wildman–Crippen MR) is 85.2 cm³/mol. The summed E-state index contributed by atoms with van der Waals surface area (Å²) >= 11 is 0. The van der Waals surface area contributed by atoms with Gasteiger partial charge in [0.25, 0.3) is 5.91 Å². The quantitative estimate of drug-likeness (QED) is 0.905. The van der Waals surface area contributed by atoms with Gasteiger partial charge < -0.3 is 10.6 Å². The summed E-state index contributed by atoms with van der Waals surface area (Å²) in [6, 6.07) is 11.2. The fraction of sp³-hybridized carbons (Fsp3) is 0.176. The van der Waals surface area contributed by atoms with Crippen molar-refractivity contribution in [1.82, 2.24) is 5.32 Å². The highest BCUT2D eigenvalue weighted by Crippen LogP contribution is 2.29. The maximum absolute atomic E-state index is 12.5. The summed E-state index contributed by atoms with van der Waals surface area (Å²) in [6.45, 7) is 1.48. The fourth-order valence-corrected chi connectivity index (χ4v) is 2.35. The van der Waals surface area contributed by atoms with Crippen molar-refractivity contribution in [3.63, 3.8) is 0 Å². The summed E-state index contributed by atoms with van der Waals surface area (Å²) in [5.41, 5.74) is 0.766. The third-order valence-corrected chi connectivity index (χ3v) is 3.54. The zero-order valence-electron chi connectivity index (χ0n) is 12.5. The van der Waals surface area contributed by atoms with Crippen LogP contribution < -0.4 is 10.6 Å². The van der Waals surface area contributed by atoms with Gasteiger partial charge in [-0.15, -0.1) is 0 Å². The number of amidine groups is 1. The SMILES string of the molecule is O=C(Nc1cccc(C2=NCCN2)c1)c1ccc(C(F)(F)F)cc1. The molecule has 2 aromatic rings. The maximum atomic E-state index is 12.5. The molecule has 124 valence electrons. The molecule has 0 radical (unpaired) electrons. The molecule has 0 saturated carbocycles. The number of halogens is 3. The first-order chi connectivity index (χ1) is 11.4. The van der Waals surface area contributed by atoms with E-state index in [1.54, 1.807) is 18.2 Å². The molecule has 0 spiro atoms. The number of amides is 1. The molecule has 0 fully saturated rings. The van der Waals surface area contributed by atoms with E-state index in [2.05, 4.69) is 15.6 Å². The average Bonchev–Trinajstić information content (AvgIpc) is 3.09. The Labute approximate surface area is 136 Å². The molecular weight excluding hydrogens is 319 g/mol. The number of rotatable bonds is 3. The largest absolute Gasteiger partial charge is 0.416 e. The van der Waals surface area contributed by atoms with Crippen molar-refractivity contribution in [3.05, 3.63) is 65.2 Å². The molecule has 2 aromatic carbocycles. The van der Waals surface area contributed by atoms with Gasteiger partial charge in [0.15, 0.2) is 0 Å². The van der Waals surface area contributed by atoms with Crippen LogP contribution in [0.4, 0.5) is 18.9 Å². The number of hydrogen-bond donors (Lipinski definition) is 2. The molecule has 0 atom stereocenters. The van der Waals surface area contributed by atoms with Crippen molar-refractivity contribution in [1.29, 1.82) is 0 Å². The van der Waals surface area contributed by atoms with Crippen LogP contribution in [0.3, 0.4) is 0 Å². The summed E-state index contributed by atoms with van der Waals surface area (Å²) in [5, 5.41) is 5.81. The molecule has 24 heavy (non-hydrogen) atoms. The lowest BCUT2D eigenvalue weighted by molar-refractivity contribution is -0.137. The Balaban J connectivity index is 1.74. The van der Waals surface area contributed by atoms with Crippen molar-refractivity contribution in [3.8, 4) is 0 Å². The Morgan fingerprint density at radius 3 is 2.50 bits per heavy atom. The van der Waals surface area contributed by atoms with Crippen molar-refractivity contribution < 1.29 is 18.0 Å². The highest BCUT2D eigenvalue weighted by atomic mass is 19.4. The van der Waals surface area contributed by atoms with Gasteiger partial charge in [-0.1, -0.05) is 12.1 Å².